The van der Waals surface area contributed by atoms with E-state index in [0.717, 1.165) is 13.2 Å². The first kappa shape index (κ1) is 7.25. The molecule has 0 N–H and O–H groups in total. The highest BCUT2D eigenvalue weighted by molar-refractivity contribution is 5.80. The van der Waals surface area contributed by atoms with Gasteiger partial charge in [0.05, 0.1) is 13.2 Å². The Balaban J connectivity index is 2.12. The van der Waals surface area contributed by atoms with Crippen LogP contribution >= 0.6 is 0 Å². The molecule has 2 aliphatic heterocycles. The van der Waals surface area contributed by atoms with Crippen LogP contribution < -0.4 is 0 Å². The van der Waals surface area contributed by atoms with E-state index >= 15 is 0 Å². The van der Waals surface area contributed by atoms with E-state index in [1.165, 1.54) is 0 Å². The summed E-state index contributed by atoms with van der Waals surface area (Å²) in [7, 11) is 2.09. The molecule has 2 rings (SSSR count). The second-order valence-corrected chi connectivity index (χ2v) is 3.46. The summed E-state index contributed by atoms with van der Waals surface area (Å²) in [5, 5.41) is 0. The van der Waals surface area contributed by atoms with Gasteiger partial charge >= 0.3 is 0 Å². The lowest BCUT2D eigenvalue weighted by atomic mass is 9.94. The van der Waals surface area contributed by atoms with Crippen molar-refractivity contribution in [1.29, 1.82) is 0 Å². The summed E-state index contributed by atoms with van der Waals surface area (Å²) in [6.07, 6.45) is 1.38. The van der Waals surface area contributed by atoms with Crippen molar-refractivity contribution in [2.24, 2.45) is 0 Å². The third kappa shape index (κ3) is 1.19. The van der Waals surface area contributed by atoms with Crippen LogP contribution in [0.2, 0.25) is 0 Å². The molecule has 0 saturated carbocycles. The summed E-state index contributed by atoms with van der Waals surface area (Å²) in [6, 6.07) is 0.713. The molecule has 0 aliphatic carbocycles. The molecule has 0 unspecified atom stereocenters. The number of rotatable bonds is 0. The number of morpholine rings is 1. The summed E-state index contributed by atoms with van der Waals surface area (Å²) in [6.45, 7) is 1.47. The Morgan fingerprint density at radius 1 is 1.36 bits per heavy atom. The first-order valence-electron chi connectivity index (χ1n) is 4.09. The Labute approximate surface area is 66.3 Å². The van der Waals surface area contributed by atoms with Gasteiger partial charge in [0.2, 0.25) is 0 Å². The van der Waals surface area contributed by atoms with Crippen LogP contribution in [0.15, 0.2) is 0 Å². The van der Waals surface area contributed by atoms with E-state index in [2.05, 4.69) is 11.9 Å². The second kappa shape index (κ2) is 2.57. The van der Waals surface area contributed by atoms with Crippen LogP contribution in [0.5, 0.6) is 0 Å². The Bertz CT molecular complexity index is 165. The minimum atomic E-state index is 0.356. The number of ketones is 1. The van der Waals surface area contributed by atoms with Crippen LogP contribution in [-0.4, -0.2) is 43.0 Å². The van der Waals surface area contributed by atoms with E-state index in [-0.39, 0.29) is 0 Å². The molecule has 2 saturated heterocycles. The molecular formula is C8H13NO2. The summed E-state index contributed by atoms with van der Waals surface area (Å²) >= 11 is 0. The predicted octanol–water partition coefficient (Wildman–Crippen LogP) is 0.0485. The Kier molecular flexibility index (Phi) is 1.69. The SMILES string of the molecule is CN1[C@@H]2COC[C@H]1CC(=O)C2. The van der Waals surface area contributed by atoms with Crippen molar-refractivity contribution in [3.05, 3.63) is 0 Å². The molecule has 2 atom stereocenters. The highest BCUT2D eigenvalue weighted by atomic mass is 16.5. The summed E-state index contributed by atoms with van der Waals surface area (Å²) in [5.41, 5.74) is 0. The van der Waals surface area contributed by atoms with E-state index in [4.69, 9.17) is 4.74 Å². The number of nitrogens with zero attached hydrogens (tertiary/aromatic N) is 1. The van der Waals surface area contributed by atoms with Gasteiger partial charge in [-0.05, 0) is 7.05 Å². The summed E-state index contributed by atoms with van der Waals surface area (Å²) in [4.78, 5) is 13.4. The average molecular weight is 155 g/mol. The smallest absolute Gasteiger partial charge is 0.136 e. The zero-order valence-electron chi connectivity index (χ0n) is 6.75. The quantitative estimate of drug-likeness (QED) is 0.495. The molecule has 0 amide bonds. The molecular weight excluding hydrogens is 142 g/mol. The third-order valence-electron chi connectivity index (χ3n) is 2.70. The lowest BCUT2D eigenvalue weighted by Gasteiger charge is -2.42. The van der Waals surface area contributed by atoms with Gasteiger partial charge in [0.25, 0.3) is 0 Å². The molecule has 0 spiro atoms. The van der Waals surface area contributed by atoms with E-state index in [0.29, 0.717) is 30.7 Å². The Hall–Kier alpha value is -0.410. The second-order valence-electron chi connectivity index (χ2n) is 3.46. The van der Waals surface area contributed by atoms with Crippen LogP contribution in [-0.2, 0) is 9.53 Å². The largest absolute Gasteiger partial charge is 0.378 e. The molecule has 2 bridgehead atoms. The van der Waals surface area contributed by atoms with Gasteiger partial charge in [0.1, 0.15) is 5.78 Å². The van der Waals surface area contributed by atoms with Gasteiger partial charge in [-0.3, -0.25) is 9.69 Å². The zero-order valence-corrected chi connectivity index (χ0v) is 6.75. The summed E-state index contributed by atoms with van der Waals surface area (Å²) in [5.74, 6) is 0.404. The Morgan fingerprint density at radius 3 is 2.45 bits per heavy atom. The molecule has 0 aromatic rings. The van der Waals surface area contributed by atoms with Crippen molar-refractivity contribution in [1.82, 2.24) is 4.90 Å². The number of Topliss-reactive ketones (excluding diaryl/α,β-unsaturated/α-hetero) is 1. The lowest BCUT2D eigenvalue weighted by molar-refractivity contribution is -0.133. The molecule has 62 valence electrons. The van der Waals surface area contributed by atoms with Crippen LogP contribution in [0.4, 0.5) is 0 Å². The molecule has 0 radical (unpaired) electrons. The maximum Gasteiger partial charge on any atom is 0.136 e. The van der Waals surface area contributed by atoms with E-state index in [1.807, 2.05) is 0 Å². The molecule has 0 aromatic heterocycles. The van der Waals surface area contributed by atoms with E-state index < -0.39 is 0 Å². The van der Waals surface area contributed by atoms with Crippen molar-refractivity contribution in [2.75, 3.05) is 20.3 Å². The number of ether oxygens (including phenoxy) is 1. The van der Waals surface area contributed by atoms with Gasteiger partial charge in [0, 0.05) is 24.9 Å². The number of hydrogen-bond acceptors (Lipinski definition) is 3. The van der Waals surface area contributed by atoms with Crippen LogP contribution in [0.25, 0.3) is 0 Å². The Morgan fingerprint density at radius 2 is 1.91 bits per heavy atom. The molecule has 3 heteroatoms. The van der Waals surface area contributed by atoms with Crippen LogP contribution in [0.3, 0.4) is 0 Å². The van der Waals surface area contributed by atoms with Crippen molar-refractivity contribution in [2.45, 2.75) is 24.9 Å². The number of piperidine rings is 1. The number of hydrogen-bond donors (Lipinski definition) is 0. The van der Waals surface area contributed by atoms with Gasteiger partial charge in [0.15, 0.2) is 0 Å². The van der Waals surface area contributed by atoms with Crippen LogP contribution in [0, 0.1) is 0 Å². The van der Waals surface area contributed by atoms with Gasteiger partial charge in [-0.1, -0.05) is 0 Å². The maximum absolute atomic E-state index is 11.1. The van der Waals surface area contributed by atoms with Crippen molar-refractivity contribution >= 4 is 5.78 Å². The molecule has 2 heterocycles. The van der Waals surface area contributed by atoms with Gasteiger partial charge in [-0.15, -0.1) is 0 Å². The third-order valence-corrected chi connectivity index (χ3v) is 2.70. The van der Waals surface area contributed by atoms with Crippen LogP contribution in [0.1, 0.15) is 12.8 Å². The fraction of sp³-hybridized carbons (Fsp3) is 0.875. The molecule has 3 nitrogen and oxygen atoms in total. The molecule has 11 heavy (non-hydrogen) atoms. The minimum Gasteiger partial charge on any atom is -0.378 e. The number of fused-ring (bicyclic) bond motifs is 2. The highest BCUT2D eigenvalue weighted by Gasteiger charge is 2.35. The molecule has 2 fully saturated rings. The van der Waals surface area contributed by atoms with Gasteiger partial charge in [-0.25, -0.2) is 0 Å². The van der Waals surface area contributed by atoms with Crippen molar-refractivity contribution in [3.8, 4) is 0 Å². The van der Waals surface area contributed by atoms with Gasteiger partial charge in [-0.2, -0.15) is 0 Å². The predicted molar refractivity (Wildman–Crippen MR) is 40.4 cm³/mol. The van der Waals surface area contributed by atoms with Crippen molar-refractivity contribution < 1.29 is 9.53 Å². The zero-order chi connectivity index (χ0) is 7.84. The monoisotopic (exact) mass is 155 g/mol. The minimum absolute atomic E-state index is 0.356. The van der Waals surface area contributed by atoms with Crippen molar-refractivity contribution in [3.63, 3.8) is 0 Å². The standard InChI is InChI=1S/C8H13NO2/c1-9-6-2-8(10)3-7(9)5-11-4-6/h6-7H,2-5H2,1H3/t6-,7+. The fourth-order valence-electron chi connectivity index (χ4n) is 1.89. The number of carbonyl (C=O) groups excluding carboxylic acids is 1. The average Bonchev–Trinajstić information content (AvgIpc) is 1.92. The van der Waals surface area contributed by atoms with E-state index in [9.17, 15) is 4.79 Å². The molecule has 0 aromatic carbocycles. The van der Waals surface area contributed by atoms with E-state index in [1.54, 1.807) is 0 Å². The lowest BCUT2D eigenvalue weighted by Crippen LogP contribution is -2.55. The topological polar surface area (TPSA) is 29.5 Å². The summed E-state index contributed by atoms with van der Waals surface area (Å²) < 4.78 is 5.36. The normalized spacial score (nSPS) is 39.2. The highest BCUT2D eigenvalue weighted by Crippen LogP contribution is 2.22. The number of carbonyl (C=O) groups is 1. The first-order chi connectivity index (χ1) is 5.27. The fourth-order valence-corrected chi connectivity index (χ4v) is 1.89. The maximum atomic E-state index is 11.1. The number of likely N-dealkylation sites (N-methyl/N-ethyl adjacent to an activating group) is 1. The van der Waals surface area contributed by atoms with Gasteiger partial charge < -0.3 is 4.74 Å². The first-order valence-corrected chi connectivity index (χ1v) is 4.09. The molecule has 2 aliphatic rings.